The van der Waals surface area contributed by atoms with Crippen LogP contribution >= 0.6 is 11.6 Å². The predicted molar refractivity (Wildman–Crippen MR) is 40.8 cm³/mol. The first-order valence-corrected chi connectivity index (χ1v) is 3.60. The third-order valence-corrected chi connectivity index (χ3v) is 1.64. The van der Waals surface area contributed by atoms with Crippen molar-refractivity contribution in [2.75, 3.05) is 0 Å². The van der Waals surface area contributed by atoms with Gasteiger partial charge in [-0.2, -0.15) is 0 Å². The van der Waals surface area contributed by atoms with E-state index in [4.69, 9.17) is 11.6 Å². The number of halogens is 2. The van der Waals surface area contributed by atoms with Crippen molar-refractivity contribution in [3.8, 4) is 0 Å². The zero-order chi connectivity index (χ0) is 7.40. The van der Waals surface area contributed by atoms with Crippen molar-refractivity contribution in [2.45, 2.75) is 12.6 Å². The van der Waals surface area contributed by atoms with Crippen LogP contribution in [-0.2, 0) is 12.6 Å². The van der Waals surface area contributed by atoms with Gasteiger partial charge in [0, 0.05) is 5.88 Å². The van der Waals surface area contributed by atoms with Crippen molar-refractivity contribution < 1.29 is 4.39 Å². The van der Waals surface area contributed by atoms with Gasteiger partial charge in [0.25, 0.3) is 0 Å². The first-order valence-electron chi connectivity index (χ1n) is 3.06. The summed E-state index contributed by atoms with van der Waals surface area (Å²) in [4.78, 5) is 0. The lowest BCUT2D eigenvalue weighted by atomic mass is 10.2. The summed E-state index contributed by atoms with van der Waals surface area (Å²) >= 11 is 5.53. The van der Waals surface area contributed by atoms with E-state index in [0.717, 1.165) is 5.56 Å². The van der Waals surface area contributed by atoms with Crippen LogP contribution in [-0.4, -0.2) is 0 Å². The maximum atomic E-state index is 11.9. The number of hydrogen-bond donors (Lipinski definition) is 0. The molecule has 1 aromatic carbocycles. The molecule has 0 unspecified atom stereocenters. The molecule has 0 aromatic heterocycles. The van der Waals surface area contributed by atoms with Gasteiger partial charge in [0.2, 0.25) is 0 Å². The van der Waals surface area contributed by atoms with Gasteiger partial charge in [0.1, 0.15) is 6.67 Å². The van der Waals surface area contributed by atoms with Crippen LogP contribution in [0.1, 0.15) is 11.1 Å². The molecule has 0 aliphatic heterocycles. The van der Waals surface area contributed by atoms with E-state index >= 15 is 0 Å². The average molecular weight is 159 g/mol. The SMILES string of the molecule is FCc1ccc(CCl)cc1. The molecule has 0 nitrogen and oxygen atoms in total. The molecule has 0 N–H and O–H groups in total. The average Bonchev–Trinajstić information content (AvgIpc) is 2.05. The highest BCUT2D eigenvalue weighted by molar-refractivity contribution is 6.17. The smallest absolute Gasteiger partial charge is 0.115 e. The Hall–Kier alpha value is -0.560. The Bertz CT molecular complexity index is 170. The van der Waals surface area contributed by atoms with Crippen molar-refractivity contribution in [1.82, 2.24) is 0 Å². The Labute approximate surface area is 64.6 Å². The van der Waals surface area contributed by atoms with Crippen molar-refractivity contribution in [1.29, 1.82) is 0 Å². The van der Waals surface area contributed by atoms with Crippen LogP contribution in [0.2, 0.25) is 0 Å². The number of hydrogen-bond acceptors (Lipinski definition) is 0. The molecular formula is C8H8ClF. The highest BCUT2D eigenvalue weighted by Crippen LogP contribution is 2.07. The fourth-order valence-electron chi connectivity index (χ4n) is 0.717. The van der Waals surface area contributed by atoms with Crippen LogP contribution in [0.25, 0.3) is 0 Å². The maximum Gasteiger partial charge on any atom is 0.115 e. The van der Waals surface area contributed by atoms with E-state index in [0.29, 0.717) is 11.4 Å². The fraction of sp³-hybridized carbons (Fsp3) is 0.250. The van der Waals surface area contributed by atoms with Crippen LogP contribution in [0.15, 0.2) is 24.3 Å². The molecule has 0 spiro atoms. The van der Waals surface area contributed by atoms with E-state index < -0.39 is 6.67 Å². The van der Waals surface area contributed by atoms with Gasteiger partial charge in [-0.05, 0) is 11.1 Å². The second-order valence-electron chi connectivity index (χ2n) is 2.08. The summed E-state index contributed by atoms with van der Waals surface area (Å²) in [6.07, 6.45) is 0. The van der Waals surface area contributed by atoms with E-state index in [1.807, 2.05) is 12.1 Å². The lowest BCUT2D eigenvalue weighted by Gasteiger charge is -1.95. The zero-order valence-corrected chi connectivity index (χ0v) is 6.24. The summed E-state index contributed by atoms with van der Waals surface area (Å²) in [6, 6.07) is 7.17. The molecule has 0 fully saturated rings. The highest BCUT2D eigenvalue weighted by Gasteiger charge is 1.90. The second kappa shape index (κ2) is 3.57. The molecule has 1 aromatic rings. The van der Waals surface area contributed by atoms with Gasteiger partial charge in [-0.15, -0.1) is 11.6 Å². The molecule has 0 saturated carbocycles. The van der Waals surface area contributed by atoms with Crippen LogP contribution in [0.4, 0.5) is 4.39 Å². The lowest BCUT2D eigenvalue weighted by Crippen LogP contribution is -1.79. The van der Waals surface area contributed by atoms with Gasteiger partial charge >= 0.3 is 0 Å². The van der Waals surface area contributed by atoms with E-state index in [-0.39, 0.29) is 0 Å². The molecule has 0 bridgehead atoms. The second-order valence-corrected chi connectivity index (χ2v) is 2.35. The summed E-state index contributed by atoms with van der Waals surface area (Å²) in [5.41, 5.74) is 1.73. The van der Waals surface area contributed by atoms with Crippen molar-refractivity contribution in [2.24, 2.45) is 0 Å². The minimum absolute atomic E-state index is 0.400. The Morgan fingerprint density at radius 1 is 1.10 bits per heavy atom. The molecule has 0 saturated heterocycles. The van der Waals surface area contributed by atoms with Crippen molar-refractivity contribution in [3.05, 3.63) is 35.4 Å². The van der Waals surface area contributed by atoms with E-state index in [9.17, 15) is 4.39 Å². The van der Waals surface area contributed by atoms with Gasteiger partial charge in [0.15, 0.2) is 0 Å². The number of benzene rings is 1. The quantitative estimate of drug-likeness (QED) is 0.581. The molecule has 1 rings (SSSR count). The zero-order valence-electron chi connectivity index (χ0n) is 5.48. The van der Waals surface area contributed by atoms with E-state index in [1.165, 1.54) is 0 Å². The van der Waals surface area contributed by atoms with Gasteiger partial charge in [-0.1, -0.05) is 24.3 Å². The molecule has 0 radical (unpaired) electrons. The van der Waals surface area contributed by atoms with Gasteiger partial charge < -0.3 is 0 Å². The molecule has 0 heterocycles. The summed E-state index contributed by atoms with van der Waals surface area (Å²) in [6.45, 7) is -0.400. The number of alkyl halides is 2. The Morgan fingerprint density at radius 3 is 2.00 bits per heavy atom. The minimum Gasteiger partial charge on any atom is -0.246 e. The standard InChI is InChI=1S/C8H8ClF/c9-5-7-1-3-8(6-10)4-2-7/h1-4H,5-6H2. The number of rotatable bonds is 2. The molecule has 0 aliphatic rings. The largest absolute Gasteiger partial charge is 0.246 e. The van der Waals surface area contributed by atoms with Gasteiger partial charge in [-0.3, -0.25) is 0 Å². The monoisotopic (exact) mass is 158 g/mol. The third kappa shape index (κ3) is 1.71. The Morgan fingerprint density at radius 2 is 1.60 bits per heavy atom. The predicted octanol–water partition coefficient (Wildman–Crippen LogP) is 2.89. The third-order valence-electron chi connectivity index (χ3n) is 1.33. The van der Waals surface area contributed by atoms with Gasteiger partial charge in [-0.25, -0.2) is 4.39 Å². The Balaban J connectivity index is 2.80. The highest BCUT2D eigenvalue weighted by atomic mass is 35.5. The van der Waals surface area contributed by atoms with E-state index in [1.54, 1.807) is 12.1 Å². The molecule has 54 valence electrons. The summed E-state index contributed by atoms with van der Waals surface area (Å²) in [5.74, 6) is 0.493. The molecule has 0 atom stereocenters. The first-order chi connectivity index (χ1) is 4.86. The molecule has 0 aliphatic carbocycles. The Kier molecular flexibility index (Phi) is 2.69. The molecule has 2 heteroatoms. The molecule has 0 amide bonds. The first kappa shape index (κ1) is 7.55. The van der Waals surface area contributed by atoms with E-state index in [2.05, 4.69) is 0 Å². The normalized spacial score (nSPS) is 9.80. The van der Waals surface area contributed by atoms with Crippen LogP contribution in [0.3, 0.4) is 0 Å². The molecular weight excluding hydrogens is 151 g/mol. The minimum atomic E-state index is -0.400. The lowest BCUT2D eigenvalue weighted by molar-refractivity contribution is 0.485. The van der Waals surface area contributed by atoms with Gasteiger partial charge in [0.05, 0.1) is 0 Å². The molecule has 10 heavy (non-hydrogen) atoms. The summed E-state index contributed by atoms with van der Waals surface area (Å²) in [5, 5.41) is 0. The van der Waals surface area contributed by atoms with Crippen LogP contribution in [0, 0.1) is 0 Å². The van der Waals surface area contributed by atoms with Crippen LogP contribution in [0.5, 0.6) is 0 Å². The van der Waals surface area contributed by atoms with Crippen molar-refractivity contribution >= 4 is 11.6 Å². The maximum absolute atomic E-state index is 11.9. The van der Waals surface area contributed by atoms with Crippen molar-refractivity contribution in [3.63, 3.8) is 0 Å². The summed E-state index contributed by atoms with van der Waals surface area (Å²) < 4.78 is 11.9. The topological polar surface area (TPSA) is 0 Å². The fourth-order valence-corrected chi connectivity index (χ4v) is 0.896. The van der Waals surface area contributed by atoms with Crippen LogP contribution < -0.4 is 0 Å². The summed E-state index contributed by atoms with van der Waals surface area (Å²) in [7, 11) is 0.